The van der Waals surface area contributed by atoms with Crippen LogP contribution < -0.4 is 5.32 Å². The summed E-state index contributed by atoms with van der Waals surface area (Å²) >= 11 is 0. The molecule has 5 heteroatoms. The molecule has 3 N–H and O–H groups in total. The van der Waals surface area contributed by atoms with Crippen molar-refractivity contribution in [1.29, 1.82) is 0 Å². The van der Waals surface area contributed by atoms with Gasteiger partial charge in [-0.1, -0.05) is 6.07 Å². The summed E-state index contributed by atoms with van der Waals surface area (Å²) in [5.41, 5.74) is 0.150. The lowest BCUT2D eigenvalue weighted by Gasteiger charge is -2.17. The number of hydrogen-bond acceptors (Lipinski definition) is 3. The Kier molecular flexibility index (Phi) is 4.14. The quantitative estimate of drug-likeness (QED) is 0.691. The van der Waals surface area contributed by atoms with Gasteiger partial charge in [0.05, 0.1) is 6.10 Å². The van der Waals surface area contributed by atoms with E-state index in [2.05, 4.69) is 5.32 Å². The third-order valence-corrected chi connectivity index (χ3v) is 2.06. The minimum absolute atomic E-state index is 0.150. The number of rotatable bonds is 4. The third-order valence-electron chi connectivity index (χ3n) is 2.06. The van der Waals surface area contributed by atoms with Gasteiger partial charge in [-0.15, -0.1) is 0 Å². The summed E-state index contributed by atoms with van der Waals surface area (Å²) in [6, 6.07) is 3.03. The molecule has 1 aromatic rings. The second-order valence-electron chi connectivity index (χ2n) is 3.24. The molecule has 1 aromatic carbocycles. The molecule has 0 aliphatic carbocycles. The topological polar surface area (TPSA) is 52.5 Å². The van der Waals surface area contributed by atoms with Crippen LogP contribution in [0.1, 0.15) is 11.7 Å². The molecular weight excluding hydrogens is 204 g/mol. The van der Waals surface area contributed by atoms with Gasteiger partial charge in [-0.25, -0.2) is 8.78 Å². The molecule has 3 nitrogen and oxygen atoms in total. The van der Waals surface area contributed by atoms with E-state index >= 15 is 0 Å². The Morgan fingerprint density at radius 1 is 1.27 bits per heavy atom. The average molecular weight is 217 g/mol. The van der Waals surface area contributed by atoms with Crippen LogP contribution in [0.4, 0.5) is 8.78 Å². The molecule has 1 rings (SSSR count). The van der Waals surface area contributed by atoms with Crippen molar-refractivity contribution in [2.75, 3.05) is 13.6 Å². The van der Waals surface area contributed by atoms with E-state index in [9.17, 15) is 19.0 Å². The molecule has 0 saturated heterocycles. The van der Waals surface area contributed by atoms with Crippen LogP contribution in [0.3, 0.4) is 0 Å². The molecule has 0 spiro atoms. The Morgan fingerprint density at radius 3 is 2.47 bits per heavy atom. The lowest BCUT2D eigenvalue weighted by Crippen LogP contribution is -2.29. The van der Waals surface area contributed by atoms with Crippen molar-refractivity contribution >= 4 is 0 Å². The van der Waals surface area contributed by atoms with E-state index < -0.39 is 23.8 Å². The van der Waals surface area contributed by atoms with Gasteiger partial charge in [-0.3, -0.25) is 0 Å². The Bertz CT molecular complexity index is 333. The van der Waals surface area contributed by atoms with Crippen LogP contribution in [-0.4, -0.2) is 29.9 Å². The highest BCUT2D eigenvalue weighted by Crippen LogP contribution is 2.18. The van der Waals surface area contributed by atoms with E-state index in [4.69, 9.17) is 0 Å². The fourth-order valence-electron chi connectivity index (χ4n) is 1.24. The van der Waals surface area contributed by atoms with Gasteiger partial charge in [0, 0.05) is 6.54 Å². The first kappa shape index (κ1) is 12.0. The molecule has 2 unspecified atom stereocenters. The summed E-state index contributed by atoms with van der Waals surface area (Å²) in [7, 11) is 1.61. The summed E-state index contributed by atoms with van der Waals surface area (Å²) in [6.07, 6.45) is -2.28. The van der Waals surface area contributed by atoms with Gasteiger partial charge < -0.3 is 15.5 Å². The lowest BCUT2D eigenvalue weighted by molar-refractivity contribution is 0.0200. The fourth-order valence-corrected chi connectivity index (χ4v) is 1.24. The zero-order valence-electron chi connectivity index (χ0n) is 8.24. The summed E-state index contributed by atoms with van der Waals surface area (Å²) < 4.78 is 25.4. The minimum atomic E-state index is -1.23. The van der Waals surface area contributed by atoms with Gasteiger partial charge in [0.2, 0.25) is 0 Å². The maximum absolute atomic E-state index is 12.8. The van der Waals surface area contributed by atoms with Crippen molar-refractivity contribution in [2.24, 2.45) is 0 Å². The lowest BCUT2D eigenvalue weighted by atomic mass is 10.0. The Hall–Kier alpha value is -1.04. The molecule has 2 atom stereocenters. The van der Waals surface area contributed by atoms with Crippen molar-refractivity contribution < 1.29 is 19.0 Å². The van der Waals surface area contributed by atoms with Crippen molar-refractivity contribution in [2.45, 2.75) is 12.2 Å². The molecule has 0 saturated carbocycles. The van der Waals surface area contributed by atoms with E-state index in [1.807, 2.05) is 0 Å². The maximum Gasteiger partial charge on any atom is 0.159 e. The predicted octanol–water partition coefficient (Wildman–Crippen LogP) is 0.578. The van der Waals surface area contributed by atoms with Gasteiger partial charge in [0.1, 0.15) is 6.10 Å². The first-order chi connectivity index (χ1) is 7.06. The van der Waals surface area contributed by atoms with Gasteiger partial charge in [0.25, 0.3) is 0 Å². The SMILES string of the molecule is CNCC(O)C(O)c1ccc(F)c(F)c1. The minimum Gasteiger partial charge on any atom is -0.389 e. The summed E-state index contributed by atoms with van der Waals surface area (Å²) in [5.74, 6) is -2.02. The number of nitrogens with one attached hydrogen (secondary N) is 1. The molecule has 15 heavy (non-hydrogen) atoms. The van der Waals surface area contributed by atoms with Crippen molar-refractivity contribution in [3.05, 3.63) is 35.4 Å². The standard InChI is InChI=1S/C10H13F2NO2/c1-13-5-9(14)10(15)6-2-3-7(11)8(12)4-6/h2-4,9-10,13-15H,5H2,1H3. The Balaban J connectivity index is 2.81. The first-order valence-corrected chi connectivity index (χ1v) is 4.52. The number of halogens is 2. The molecular formula is C10H13F2NO2. The second-order valence-corrected chi connectivity index (χ2v) is 3.24. The van der Waals surface area contributed by atoms with E-state index in [1.165, 1.54) is 6.07 Å². The molecule has 0 heterocycles. The molecule has 84 valence electrons. The Labute approximate surface area is 86.4 Å². The predicted molar refractivity (Wildman–Crippen MR) is 51.3 cm³/mol. The van der Waals surface area contributed by atoms with Crippen LogP contribution in [0.15, 0.2) is 18.2 Å². The van der Waals surface area contributed by atoms with Crippen molar-refractivity contribution in [3.8, 4) is 0 Å². The van der Waals surface area contributed by atoms with Crippen LogP contribution in [0.2, 0.25) is 0 Å². The fraction of sp³-hybridized carbons (Fsp3) is 0.400. The number of aliphatic hydroxyl groups excluding tert-OH is 2. The van der Waals surface area contributed by atoms with E-state index in [-0.39, 0.29) is 12.1 Å². The van der Waals surface area contributed by atoms with E-state index in [0.717, 1.165) is 12.1 Å². The normalized spacial score (nSPS) is 15.0. The van der Waals surface area contributed by atoms with Crippen LogP contribution in [0.5, 0.6) is 0 Å². The highest BCUT2D eigenvalue weighted by molar-refractivity contribution is 5.20. The number of aliphatic hydroxyl groups is 2. The van der Waals surface area contributed by atoms with Crippen LogP contribution in [-0.2, 0) is 0 Å². The summed E-state index contributed by atoms with van der Waals surface area (Å²) in [6.45, 7) is 0.167. The average Bonchev–Trinajstić information content (AvgIpc) is 2.21. The molecule has 0 aliphatic heterocycles. The van der Waals surface area contributed by atoms with Crippen molar-refractivity contribution in [1.82, 2.24) is 5.32 Å². The molecule has 0 fully saturated rings. The van der Waals surface area contributed by atoms with Crippen LogP contribution >= 0.6 is 0 Å². The Morgan fingerprint density at radius 2 is 1.93 bits per heavy atom. The van der Waals surface area contributed by atoms with Gasteiger partial charge in [-0.05, 0) is 24.7 Å². The summed E-state index contributed by atoms with van der Waals surface area (Å²) in [5, 5.41) is 21.6. The zero-order valence-corrected chi connectivity index (χ0v) is 8.24. The highest BCUT2D eigenvalue weighted by atomic mass is 19.2. The zero-order chi connectivity index (χ0) is 11.4. The molecule has 0 radical (unpaired) electrons. The van der Waals surface area contributed by atoms with Crippen LogP contribution in [0, 0.1) is 11.6 Å². The largest absolute Gasteiger partial charge is 0.389 e. The monoisotopic (exact) mass is 217 g/mol. The number of benzene rings is 1. The number of hydrogen-bond donors (Lipinski definition) is 3. The maximum atomic E-state index is 12.8. The van der Waals surface area contributed by atoms with E-state index in [0.29, 0.717) is 0 Å². The second kappa shape index (κ2) is 5.16. The van der Waals surface area contributed by atoms with Gasteiger partial charge in [-0.2, -0.15) is 0 Å². The van der Waals surface area contributed by atoms with Crippen molar-refractivity contribution in [3.63, 3.8) is 0 Å². The third kappa shape index (κ3) is 2.95. The highest BCUT2D eigenvalue weighted by Gasteiger charge is 2.18. The van der Waals surface area contributed by atoms with Gasteiger partial charge >= 0.3 is 0 Å². The molecule has 0 amide bonds. The molecule has 0 aromatic heterocycles. The number of likely N-dealkylation sites (N-methyl/N-ethyl adjacent to an activating group) is 1. The van der Waals surface area contributed by atoms with Crippen LogP contribution in [0.25, 0.3) is 0 Å². The smallest absolute Gasteiger partial charge is 0.159 e. The molecule has 0 aliphatic rings. The van der Waals surface area contributed by atoms with Gasteiger partial charge in [0.15, 0.2) is 11.6 Å². The van der Waals surface area contributed by atoms with E-state index in [1.54, 1.807) is 7.05 Å². The first-order valence-electron chi connectivity index (χ1n) is 4.52. The summed E-state index contributed by atoms with van der Waals surface area (Å²) in [4.78, 5) is 0. The molecule has 0 bridgehead atoms.